The van der Waals surface area contributed by atoms with Gasteiger partial charge in [0.1, 0.15) is 5.75 Å². The Morgan fingerprint density at radius 1 is 1.24 bits per heavy atom. The number of rotatable bonds is 8. The second-order valence-electron chi connectivity index (χ2n) is 5.46. The van der Waals surface area contributed by atoms with Crippen LogP contribution < -0.4 is 15.4 Å². The number of methoxy groups -OCH3 is 1. The quantitative estimate of drug-likeness (QED) is 0.265. The second-order valence-corrected chi connectivity index (χ2v) is 6.40. The van der Waals surface area contributed by atoms with E-state index in [4.69, 9.17) is 4.74 Å². The Hall–Kier alpha value is -1.35. The number of aliphatic imine (C=N–C) groups is 1. The molecule has 0 unspecified atom stereocenters. The first-order valence-electron chi connectivity index (χ1n) is 8.27. The Labute approximate surface area is 171 Å². The van der Waals surface area contributed by atoms with E-state index < -0.39 is 0 Å². The molecule has 0 aliphatic rings. The maximum Gasteiger partial charge on any atom is 0.191 e. The third-order valence-electron chi connectivity index (χ3n) is 3.45. The maximum atomic E-state index is 5.17. The SMILES string of the molecule is CCNC(=NCc1ccc(OC)cc1)NCCCc1nc(C)cs1.I. The molecule has 0 amide bonds. The summed E-state index contributed by atoms with van der Waals surface area (Å²) in [5, 5.41) is 9.96. The van der Waals surface area contributed by atoms with Gasteiger partial charge in [0.05, 0.1) is 18.7 Å². The highest BCUT2D eigenvalue weighted by Crippen LogP contribution is 2.12. The van der Waals surface area contributed by atoms with Gasteiger partial charge in [0.2, 0.25) is 0 Å². The number of nitrogens with one attached hydrogen (secondary N) is 2. The van der Waals surface area contributed by atoms with Crippen molar-refractivity contribution in [1.82, 2.24) is 15.6 Å². The largest absolute Gasteiger partial charge is 0.497 e. The molecule has 0 aliphatic carbocycles. The molecule has 1 aromatic carbocycles. The number of halogens is 1. The molecule has 1 aromatic heterocycles. The number of hydrogen-bond acceptors (Lipinski definition) is 4. The van der Waals surface area contributed by atoms with Crippen molar-refractivity contribution in [2.24, 2.45) is 4.99 Å². The van der Waals surface area contributed by atoms with Crippen molar-refractivity contribution in [3.05, 3.63) is 45.9 Å². The smallest absolute Gasteiger partial charge is 0.191 e. The molecule has 25 heavy (non-hydrogen) atoms. The molecule has 0 radical (unpaired) electrons. The Morgan fingerprint density at radius 2 is 2.00 bits per heavy atom. The first-order chi connectivity index (χ1) is 11.7. The molecule has 1 heterocycles. The van der Waals surface area contributed by atoms with E-state index in [0.717, 1.165) is 48.9 Å². The number of benzene rings is 1. The number of guanidine groups is 1. The number of nitrogens with zero attached hydrogens (tertiary/aromatic N) is 2. The fourth-order valence-corrected chi connectivity index (χ4v) is 3.03. The predicted molar refractivity (Wildman–Crippen MR) is 116 cm³/mol. The van der Waals surface area contributed by atoms with Gasteiger partial charge in [-0.15, -0.1) is 35.3 Å². The van der Waals surface area contributed by atoms with E-state index in [1.54, 1.807) is 18.4 Å². The van der Waals surface area contributed by atoms with E-state index in [1.807, 2.05) is 31.2 Å². The number of thiazole rings is 1. The lowest BCUT2D eigenvalue weighted by atomic mass is 10.2. The van der Waals surface area contributed by atoms with Crippen LogP contribution in [0.2, 0.25) is 0 Å². The Kier molecular flexibility index (Phi) is 10.5. The van der Waals surface area contributed by atoms with Crippen LogP contribution in [-0.4, -0.2) is 31.1 Å². The van der Waals surface area contributed by atoms with E-state index >= 15 is 0 Å². The summed E-state index contributed by atoms with van der Waals surface area (Å²) in [5.74, 6) is 1.72. The summed E-state index contributed by atoms with van der Waals surface area (Å²) >= 11 is 1.73. The molecule has 2 aromatic rings. The average Bonchev–Trinajstić information content (AvgIpc) is 3.02. The molecule has 138 valence electrons. The molecule has 0 saturated heterocycles. The lowest BCUT2D eigenvalue weighted by Gasteiger charge is -2.11. The molecule has 2 rings (SSSR count). The highest BCUT2D eigenvalue weighted by molar-refractivity contribution is 14.0. The molecular weight excluding hydrogens is 447 g/mol. The molecular formula is C18H27IN4OS. The monoisotopic (exact) mass is 474 g/mol. The van der Waals surface area contributed by atoms with Crippen LogP contribution in [-0.2, 0) is 13.0 Å². The van der Waals surface area contributed by atoms with Gasteiger partial charge in [-0.3, -0.25) is 0 Å². The van der Waals surface area contributed by atoms with Gasteiger partial charge in [-0.05, 0) is 38.0 Å². The summed E-state index contributed by atoms with van der Waals surface area (Å²) in [4.78, 5) is 9.12. The van der Waals surface area contributed by atoms with Crippen LogP contribution >= 0.6 is 35.3 Å². The fraction of sp³-hybridized carbons (Fsp3) is 0.444. The first-order valence-corrected chi connectivity index (χ1v) is 9.15. The number of ether oxygens (including phenoxy) is 1. The zero-order valence-corrected chi connectivity index (χ0v) is 18.2. The third-order valence-corrected chi connectivity index (χ3v) is 4.48. The van der Waals surface area contributed by atoms with Gasteiger partial charge in [0, 0.05) is 30.6 Å². The van der Waals surface area contributed by atoms with Crippen molar-refractivity contribution in [2.45, 2.75) is 33.2 Å². The van der Waals surface area contributed by atoms with Crippen LogP contribution in [0.5, 0.6) is 5.75 Å². The van der Waals surface area contributed by atoms with E-state index in [-0.39, 0.29) is 24.0 Å². The van der Waals surface area contributed by atoms with E-state index in [2.05, 4.69) is 32.9 Å². The maximum absolute atomic E-state index is 5.17. The predicted octanol–water partition coefficient (Wildman–Crippen LogP) is 3.77. The first kappa shape index (κ1) is 21.7. The third kappa shape index (κ3) is 8.04. The standard InChI is InChI=1S/C18H26N4OS.HI/c1-4-19-18(20-11-5-6-17-22-14(2)13-24-17)21-12-15-7-9-16(23-3)10-8-15;/h7-10,13H,4-6,11-12H2,1-3H3,(H2,19,20,21);1H. The summed E-state index contributed by atoms with van der Waals surface area (Å²) in [6, 6.07) is 8.00. The average molecular weight is 474 g/mol. The Balaban J connectivity index is 0.00000312. The Morgan fingerprint density at radius 3 is 2.60 bits per heavy atom. The van der Waals surface area contributed by atoms with Gasteiger partial charge >= 0.3 is 0 Å². The number of aromatic nitrogens is 1. The van der Waals surface area contributed by atoms with Crippen molar-refractivity contribution in [3.8, 4) is 5.75 Å². The van der Waals surface area contributed by atoms with Gasteiger partial charge in [-0.1, -0.05) is 12.1 Å². The summed E-state index contributed by atoms with van der Waals surface area (Å²) in [7, 11) is 1.67. The highest BCUT2D eigenvalue weighted by atomic mass is 127. The zero-order valence-electron chi connectivity index (χ0n) is 15.0. The van der Waals surface area contributed by atoms with Crippen LogP contribution in [0.25, 0.3) is 0 Å². The molecule has 7 heteroatoms. The van der Waals surface area contributed by atoms with Crippen LogP contribution in [0, 0.1) is 6.92 Å². The molecule has 0 bridgehead atoms. The summed E-state index contributed by atoms with van der Waals surface area (Å²) in [6.45, 7) is 6.48. The number of aryl methyl sites for hydroxylation is 2. The zero-order chi connectivity index (χ0) is 17.2. The molecule has 0 spiro atoms. The lowest BCUT2D eigenvalue weighted by molar-refractivity contribution is 0.414. The minimum absolute atomic E-state index is 0. The van der Waals surface area contributed by atoms with E-state index in [1.165, 1.54) is 5.01 Å². The number of hydrogen-bond donors (Lipinski definition) is 2. The van der Waals surface area contributed by atoms with Crippen LogP contribution in [0.4, 0.5) is 0 Å². The van der Waals surface area contributed by atoms with Crippen molar-refractivity contribution in [2.75, 3.05) is 20.2 Å². The van der Waals surface area contributed by atoms with Crippen molar-refractivity contribution in [1.29, 1.82) is 0 Å². The topological polar surface area (TPSA) is 58.5 Å². The molecule has 0 fully saturated rings. The van der Waals surface area contributed by atoms with Gasteiger partial charge < -0.3 is 15.4 Å². The lowest BCUT2D eigenvalue weighted by Crippen LogP contribution is -2.37. The van der Waals surface area contributed by atoms with Gasteiger partial charge in [-0.2, -0.15) is 0 Å². The molecule has 2 N–H and O–H groups in total. The molecule has 0 saturated carbocycles. The normalized spacial score (nSPS) is 10.9. The van der Waals surface area contributed by atoms with Crippen LogP contribution in [0.1, 0.15) is 29.6 Å². The minimum Gasteiger partial charge on any atom is -0.497 e. The summed E-state index contributed by atoms with van der Waals surface area (Å²) in [5.41, 5.74) is 2.27. The van der Waals surface area contributed by atoms with Crippen molar-refractivity contribution >= 4 is 41.3 Å². The van der Waals surface area contributed by atoms with Crippen molar-refractivity contribution < 1.29 is 4.74 Å². The van der Waals surface area contributed by atoms with Crippen molar-refractivity contribution in [3.63, 3.8) is 0 Å². The highest BCUT2D eigenvalue weighted by Gasteiger charge is 2.01. The van der Waals surface area contributed by atoms with E-state index in [0.29, 0.717) is 6.54 Å². The van der Waals surface area contributed by atoms with Gasteiger partial charge in [0.25, 0.3) is 0 Å². The fourth-order valence-electron chi connectivity index (χ4n) is 2.21. The van der Waals surface area contributed by atoms with E-state index in [9.17, 15) is 0 Å². The summed E-state index contributed by atoms with van der Waals surface area (Å²) < 4.78 is 5.17. The van der Waals surface area contributed by atoms with Crippen LogP contribution in [0.3, 0.4) is 0 Å². The second kappa shape index (κ2) is 12.1. The molecule has 5 nitrogen and oxygen atoms in total. The molecule has 0 atom stereocenters. The summed E-state index contributed by atoms with van der Waals surface area (Å²) in [6.07, 6.45) is 2.04. The van der Waals surface area contributed by atoms with Gasteiger partial charge in [-0.25, -0.2) is 9.98 Å². The van der Waals surface area contributed by atoms with Crippen LogP contribution in [0.15, 0.2) is 34.6 Å². The van der Waals surface area contributed by atoms with Gasteiger partial charge in [0.15, 0.2) is 5.96 Å². The minimum atomic E-state index is 0. The molecule has 0 aliphatic heterocycles. The Bertz CT molecular complexity index is 643.